The fraction of sp³-hybridized carbons (Fsp3) is 0.667. The molecule has 0 unspecified atom stereocenters. The van der Waals surface area contributed by atoms with Gasteiger partial charge in [-0.25, -0.2) is 8.42 Å². The van der Waals surface area contributed by atoms with Gasteiger partial charge in [-0.1, -0.05) is 0 Å². The molecule has 0 aliphatic carbocycles. The van der Waals surface area contributed by atoms with Crippen molar-refractivity contribution in [1.29, 1.82) is 0 Å². The molecule has 0 saturated heterocycles. The Morgan fingerprint density at radius 3 is 2.00 bits per heavy atom. The second-order valence-electron chi connectivity index (χ2n) is 2.70. The Kier molecular flexibility index (Phi) is 6.65. The van der Waals surface area contributed by atoms with Crippen LogP contribution in [0.1, 0.15) is 0 Å². The highest BCUT2D eigenvalue weighted by Crippen LogP contribution is 2.12. The second kappa shape index (κ2) is 7.17. The van der Waals surface area contributed by atoms with Gasteiger partial charge in [0, 0.05) is 5.75 Å². The van der Waals surface area contributed by atoms with Crippen molar-refractivity contribution in [1.82, 2.24) is 0 Å². The molecule has 0 spiro atoms. The van der Waals surface area contributed by atoms with Gasteiger partial charge >= 0.3 is 0 Å². The van der Waals surface area contributed by atoms with Crippen molar-refractivity contribution in [3.05, 3.63) is 0 Å². The first-order valence-corrected chi connectivity index (χ1v) is 7.47. The van der Waals surface area contributed by atoms with Crippen LogP contribution >= 0.6 is 10.8 Å². The summed E-state index contributed by atoms with van der Waals surface area (Å²) in [7, 11) is -2.45. The lowest BCUT2D eigenvalue weighted by Crippen LogP contribution is -2.24. The third-order valence-electron chi connectivity index (χ3n) is 1.28. The van der Waals surface area contributed by atoms with E-state index in [1.165, 1.54) is 0 Å². The monoisotopic (exact) mass is 268 g/mol. The molecule has 16 heavy (non-hydrogen) atoms. The Labute approximate surface area is 97.9 Å². The topological polar surface area (TPSA) is 163 Å². The summed E-state index contributed by atoms with van der Waals surface area (Å²) < 4.78 is 22.7. The first kappa shape index (κ1) is 14.8. The molecule has 0 bridgehead atoms. The zero-order chi connectivity index (χ0) is 12.6. The molecule has 0 saturated carbocycles. The maximum atomic E-state index is 11.4. The summed E-state index contributed by atoms with van der Waals surface area (Å²) in [6, 6.07) is 0. The molecular weight excluding hydrogens is 252 g/mol. The van der Waals surface area contributed by atoms with Crippen molar-refractivity contribution < 1.29 is 8.42 Å². The molecule has 0 atom stereocenters. The minimum atomic E-state index is -3.23. The van der Waals surface area contributed by atoms with Gasteiger partial charge in [-0.2, -0.15) is 0 Å². The fourth-order valence-corrected chi connectivity index (χ4v) is 3.10. The van der Waals surface area contributed by atoms with E-state index >= 15 is 0 Å². The van der Waals surface area contributed by atoms with Gasteiger partial charge in [-0.05, 0) is 10.8 Å². The van der Waals surface area contributed by atoms with E-state index in [-0.39, 0.29) is 30.8 Å². The van der Waals surface area contributed by atoms with Crippen LogP contribution in [-0.2, 0) is 8.87 Å². The highest BCUT2D eigenvalue weighted by molar-refractivity contribution is 8.72. The Hall–Kier alpha value is -1.16. The summed E-state index contributed by atoms with van der Waals surface area (Å²) in [5.74, 6) is -0.00129. The summed E-state index contributed by atoms with van der Waals surface area (Å²) >= 11 is 0. The van der Waals surface area contributed by atoms with Crippen LogP contribution in [0.2, 0.25) is 0 Å². The molecule has 94 valence electrons. The van der Waals surface area contributed by atoms with Crippen LogP contribution in [0.5, 0.6) is 0 Å². The van der Waals surface area contributed by atoms with Crippen molar-refractivity contribution in [2.75, 3.05) is 24.6 Å². The lowest BCUT2D eigenvalue weighted by molar-refractivity contribution is 0.610. The fourth-order valence-electron chi connectivity index (χ4n) is 0.684. The number of hydrogen-bond acceptors (Lipinski definition) is 5. The van der Waals surface area contributed by atoms with E-state index < -0.39 is 8.87 Å². The summed E-state index contributed by atoms with van der Waals surface area (Å²) in [6.45, 7) is 0.314. The molecule has 8 N–H and O–H groups in total. The van der Waals surface area contributed by atoms with E-state index in [1.54, 1.807) is 0 Å². The highest BCUT2D eigenvalue weighted by Gasteiger charge is 2.10. The molecule has 10 heteroatoms. The van der Waals surface area contributed by atoms with E-state index in [0.717, 1.165) is 10.8 Å². The largest absolute Gasteiger partial charge is 0.370 e. The van der Waals surface area contributed by atoms with Gasteiger partial charge < -0.3 is 22.9 Å². The van der Waals surface area contributed by atoms with Crippen molar-refractivity contribution in [3.8, 4) is 0 Å². The smallest absolute Gasteiger partial charge is 0.203 e. The van der Waals surface area contributed by atoms with Crippen LogP contribution < -0.4 is 22.9 Å². The van der Waals surface area contributed by atoms with Crippen molar-refractivity contribution in [3.63, 3.8) is 0 Å². The zero-order valence-corrected chi connectivity index (χ0v) is 10.3. The Morgan fingerprint density at radius 2 is 1.50 bits per heavy atom. The summed E-state index contributed by atoms with van der Waals surface area (Å²) in [4.78, 5) is 7.23. The van der Waals surface area contributed by atoms with E-state index in [2.05, 4.69) is 9.98 Å². The molecular formula is C6H16N6O2S2. The van der Waals surface area contributed by atoms with Gasteiger partial charge in [-0.15, -0.1) is 0 Å². The van der Waals surface area contributed by atoms with Crippen LogP contribution in [-0.4, -0.2) is 44.9 Å². The van der Waals surface area contributed by atoms with Crippen LogP contribution in [0, 0.1) is 0 Å². The molecule has 0 aliphatic heterocycles. The number of hydrogen-bond donors (Lipinski definition) is 4. The highest BCUT2D eigenvalue weighted by atomic mass is 33.1. The lowest BCUT2D eigenvalue weighted by Gasteiger charge is -2.00. The third kappa shape index (κ3) is 9.40. The van der Waals surface area contributed by atoms with E-state index in [4.69, 9.17) is 22.9 Å². The van der Waals surface area contributed by atoms with Gasteiger partial charge in [0.25, 0.3) is 0 Å². The first-order valence-electron chi connectivity index (χ1n) is 4.31. The predicted octanol–water partition coefficient (Wildman–Crippen LogP) is -2.40. The van der Waals surface area contributed by atoms with Crippen LogP contribution in [0.4, 0.5) is 0 Å². The summed E-state index contributed by atoms with van der Waals surface area (Å²) in [5, 5.41) is 0. The van der Waals surface area contributed by atoms with Crippen LogP contribution in [0.3, 0.4) is 0 Å². The van der Waals surface area contributed by atoms with Crippen molar-refractivity contribution in [2.45, 2.75) is 0 Å². The maximum absolute atomic E-state index is 11.4. The van der Waals surface area contributed by atoms with Crippen LogP contribution in [0.25, 0.3) is 0 Å². The average molecular weight is 268 g/mol. The maximum Gasteiger partial charge on any atom is 0.203 e. The standard InChI is InChI=1S/C6H16N6O2S2/c7-5(8)11-1-3-15-16(13,14)4-2-12-6(9)10/h1-4H2,(H4,7,8,11)(H4,9,10,12). The van der Waals surface area contributed by atoms with E-state index in [1.807, 2.05) is 0 Å². The number of nitrogens with zero attached hydrogens (tertiary/aromatic N) is 2. The number of aliphatic imine (C=N–C) groups is 2. The zero-order valence-electron chi connectivity index (χ0n) is 8.67. The molecule has 0 fully saturated rings. The van der Waals surface area contributed by atoms with Gasteiger partial charge in [-0.3, -0.25) is 9.98 Å². The SMILES string of the molecule is NC(N)=NCCSS(=O)(=O)CCN=C(N)N. The van der Waals surface area contributed by atoms with Crippen molar-refractivity contribution in [2.24, 2.45) is 32.9 Å². The quantitative estimate of drug-likeness (QED) is 0.173. The molecule has 0 aromatic carbocycles. The first-order chi connectivity index (χ1) is 7.33. The van der Waals surface area contributed by atoms with Gasteiger partial charge in [0.15, 0.2) is 11.9 Å². The summed E-state index contributed by atoms with van der Waals surface area (Å²) in [5.41, 5.74) is 20.3. The Morgan fingerprint density at radius 1 is 1.00 bits per heavy atom. The van der Waals surface area contributed by atoms with Gasteiger partial charge in [0.2, 0.25) is 8.87 Å². The Bertz CT molecular complexity index is 355. The molecule has 0 heterocycles. The number of rotatable bonds is 7. The average Bonchev–Trinajstić information content (AvgIpc) is 2.11. The second-order valence-corrected chi connectivity index (χ2v) is 7.10. The molecule has 0 aromatic heterocycles. The lowest BCUT2D eigenvalue weighted by atomic mass is 10.8. The van der Waals surface area contributed by atoms with Gasteiger partial charge in [0.1, 0.15) is 0 Å². The minimum Gasteiger partial charge on any atom is -0.370 e. The normalized spacial score (nSPS) is 10.8. The third-order valence-corrected chi connectivity index (χ3v) is 4.75. The Balaban J connectivity index is 3.89. The molecule has 0 aliphatic rings. The molecule has 0 aromatic rings. The van der Waals surface area contributed by atoms with E-state index in [0.29, 0.717) is 5.75 Å². The van der Waals surface area contributed by atoms with Crippen LogP contribution in [0.15, 0.2) is 9.98 Å². The predicted molar refractivity (Wildman–Crippen MR) is 67.6 cm³/mol. The minimum absolute atomic E-state index is 0.0555. The summed E-state index contributed by atoms with van der Waals surface area (Å²) in [6.07, 6.45) is 0. The van der Waals surface area contributed by atoms with Gasteiger partial charge in [0.05, 0.1) is 18.8 Å². The molecule has 0 radical (unpaired) electrons. The molecule has 0 rings (SSSR count). The molecule has 8 nitrogen and oxygen atoms in total. The number of guanidine groups is 2. The van der Waals surface area contributed by atoms with Crippen molar-refractivity contribution >= 4 is 31.6 Å². The number of nitrogens with two attached hydrogens (primary N) is 4. The molecule has 0 amide bonds. The van der Waals surface area contributed by atoms with E-state index in [9.17, 15) is 8.42 Å².